The Kier molecular flexibility index (Phi) is 4.35. The number of halogens is 2. The average Bonchev–Trinajstić information content (AvgIpc) is 3.19. The Morgan fingerprint density at radius 1 is 1.04 bits per heavy atom. The van der Waals surface area contributed by atoms with Gasteiger partial charge in [-0.25, -0.2) is 0 Å². The lowest BCUT2D eigenvalue weighted by Gasteiger charge is -2.13. The molecule has 0 unspecified atom stereocenters. The van der Waals surface area contributed by atoms with Crippen LogP contribution in [0.15, 0.2) is 59.0 Å². The third-order valence-corrected chi connectivity index (χ3v) is 4.93. The summed E-state index contributed by atoms with van der Waals surface area (Å²) in [7, 11) is 0. The molecule has 0 N–H and O–H groups in total. The lowest BCUT2D eigenvalue weighted by molar-refractivity contribution is -0.112. The molecule has 0 atom stereocenters. The number of para-hydroxylation sites is 1. The van der Waals surface area contributed by atoms with E-state index < -0.39 is 0 Å². The maximum absolute atomic E-state index is 12.7. The number of amides is 1. The largest absolute Gasteiger partial charge is 0.457 e. The molecule has 0 spiro atoms. The van der Waals surface area contributed by atoms with Gasteiger partial charge in [0, 0.05) is 22.7 Å². The fraction of sp³-hybridized carbons (Fsp3) is 0.0952. The molecule has 3 nitrogen and oxygen atoms in total. The topological polar surface area (TPSA) is 33.5 Å². The molecule has 26 heavy (non-hydrogen) atoms. The summed E-state index contributed by atoms with van der Waals surface area (Å²) in [6, 6.07) is 16.7. The van der Waals surface area contributed by atoms with Gasteiger partial charge < -0.3 is 9.32 Å². The molecule has 0 saturated carbocycles. The van der Waals surface area contributed by atoms with Crippen LogP contribution in [0.4, 0.5) is 5.69 Å². The van der Waals surface area contributed by atoms with E-state index >= 15 is 0 Å². The Bertz CT molecular complexity index is 1040. The Hall–Kier alpha value is -2.49. The lowest BCUT2D eigenvalue weighted by Crippen LogP contribution is -2.25. The van der Waals surface area contributed by atoms with E-state index in [9.17, 15) is 4.79 Å². The predicted octanol–water partition coefficient (Wildman–Crippen LogP) is 6.16. The number of carbonyl (C=O) groups excluding carboxylic acids is 1. The number of hydrogen-bond donors (Lipinski definition) is 0. The van der Waals surface area contributed by atoms with Crippen LogP contribution in [0.5, 0.6) is 0 Å². The van der Waals surface area contributed by atoms with Crippen molar-refractivity contribution in [3.63, 3.8) is 0 Å². The number of likely N-dealkylation sites (N-methyl/N-ethyl adjacent to an activating group) is 1. The molecule has 0 saturated heterocycles. The second kappa shape index (κ2) is 6.67. The molecule has 0 bridgehead atoms. The van der Waals surface area contributed by atoms with Crippen molar-refractivity contribution in [2.24, 2.45) is 0 Å². The molecule has 5 heteroatoms. The van der Waals surface area contributed by atoms with Crippen LogP contribution in [0.3, 0.4) is 0 Å². The van der Waals surface area contributed by atoms with E-state index in [2.05, 4.69) is 0 Å². The lowest BCUT2D eigenvalue weighted by atomic mass is 10.1. The molecular weight excluding hydrogens is 369 g/mol. The summed E-state index contributed by atoms with van der Waals surface area (Å²) >= 11 is 12.2. The summed E-state index contributed by atoms with van der Waals surface area (Å²) in [5.41, 5.74) is 3.24. The third kappa shape index (κ3) is 2.83. The van der Waals surface area contributed by atoms with E-state index in [0.717, 1.165) is 16.8 Å². The van der Waals surface area contributed by atoms with Crippen LogP contribution in [-0.2, 0) is 4.79 Å². The number of carbonyl (C=O) groups is 1. The normalized spacial score (nSPS) is 15.0. The molecule has 2 heterocycles. The Labute approximate surface area is 161 Å². The molecule has 3 aromatic rings. The van der Waals surface area contributed by atoms with Gasteiger partial charge >= 0.3 is 0 Å². The minimum atomic E-state index is -0.0174. The molecule has 0 fully saturated rings. The van der Waals surface area contributed by atoms with Crippen molar-refractivity contribution in [2.45, 2.75) is 6.92 Å². The molecule has 4 rings (SSSR count). The number of fused-ring (bicyclic) bond motifs is 1. The van der Waals surface area contributed by atoms with Gasteiger partial charge in [-0.15, -0.1) is 0 Å². The number of benzene rings is 2. The quantitative estimate of drug-likeness (QED) is 0.507. The highest BCUT2D eigenvalue weighted by atomic mass is 35.5. The smallest absolute Gasteiger partial charge is 0.259 e. The van der Waals surface area contributed by atoms with Crippen molar-refractivity contribution in [3.8, 4) is 11.3 Å². The summed E-state index contributed by atoms with van der Waals surface area (Å²) < 4.78 is 5.91. The first-order valence-electron chi connectivity index (χ1n) is 8.26. The van der Waals surface area contributed by atoms with Gasteiger partial charge in [0.2, 0.25) is 0 Å². The Morgan fingerprint density at radius 3 is 2.62 bits per heavy atom. The fourth-order valence-electron chi connectivity index (χ4n) is 3.17. The molecule has 1 amide bonds. The number of nitrogens with zero attached hydrogens (tertiary/aromatic N) is 1. The minimum Gasteiger partial charge on any atom is -0.457 e. The minimum absolute atomic E-state index is 0.0174. The van der Waals surface area contributed by atoms with Crippen molar-refractivity contribution in [3.05, 3.63) is 76.0 Å². The molecule has 0 radical (unpaired) electrons. The van der Waals surface area contributed by atoms with Crippen LogP contribution in [0.2, 0.25) is 10.0 Å². The van der Waals surface area contributed by atoms with E-state index in [0.29, 0.717) is 33.7 Å². The number of rotatable bonds is 3. The van der Waals surface area contributed by atoms with Crippen LogP contribution >= 0.6 is 23.2 Å². The zero-order valence-electron chi connectivity index (χ0n) is 14.0. The van der Waals surface area contributed by atoms with Crippen LogP contribution in [-0.4, -0.2) is 12.5 Å². The van der Waals surface area contributed by atoms with E-state index in [4.69, 9.17) is 27.6 Å². The summed E-state index contributed by atoms with van der Waals surface area (Å²) in [6.45, 7) is 2.59. The molecular formula is C21H15Cl2NO2. The van der Waals surface area contributed by atoms with Crippen LogP contribution in [0, 0.1) is 0 Å². The van der Waals surface area contributed by atoms with E-state index in [1.807, 2.05) is 49.4 Å². The van der Waals surface area contributed by atoms with Gasteiger partial charge in [-0.1, -0.05) is 41.4 Å². The SMILES string of the molecule is CCN1C(=O)/C(=C\c2ccc(-c3ccc(Cl)cc3Cl)o2)c2ccccc21. The number of hydrogen-bond acceptors (Lipinski definition) is 2. The van der Waals surface area contributed by atoms with Crippen LogP contribution in [0.1, 0.15) is 18.2 Å². The second-order valence-electron chi connectivity index (χ2n) is 5.95. The van der Waals surface area contributed by atoms with Gasteiger partial charge in [0.05, 0.1) is 16.3 Å². The molecule has 1 aromatic heterocycles. The molecule has 0 aliphatic carbocycles. The van der Waals surface area contributed by atoms with Gasteiger partial charge in [-0.05, 0) is 49.4 Å². The van der Waals surface area contributed by atoms with E-state index in [1.165, 1.54) is 0 Å². The fourth-order valence-corrected chi connectivity index (χ4v) is 3.67. The third-order valence-electron chi connectivity index (χ3n) is 4.39. The summed E-state index contributed by atoms with van der Waals surface area (Å²) in [5, 5.41) is 1.09. The summed E-state index contributed by atoms with van der Waals surface area (Å²) in [5.74, 6) is 1.21. The van der Waals surface area contributed by atoms with Gasteiger partial charge in [0.1, 0.15) is 11.5 Å². The maximum atomic E-state index is 12.7. The highest BCUT2D eigenvalue weighted by molar-refractivity contribution is 6.36. The molecule has 1 aliphatic rings. The van der Waals surface area contributed by atoms with Gasteiger partial charge in [0.15, 0.2) is 0 Å². The predicted molar refractivity (Wildman–Crippen MR) is 107 cm³/mol. The van der Waals surface area contributed by atoms with Crippen LogP contribution < -0.4 is 4.90 Å². The average molecular weight is 384 g/mol. The maximum Gasteiger partial charge on any atom is 0.259 e. The molecule has 1 aliphatic heterocycles. The standard InChI is InChI=1S/C21H15Cl2NO2/c1-2-24-19-6-4-3-5-15(19)17(21(24)25)12-14-8-10-20(26-14)16-9-7-13(22)11-18(16)23/h3-12H,2H2,1H3/b17-12-. The Balaban J connectivity index is 1.74. The zero-order chi connectivity index (χ0) is 18.3. The van der Waals surface area contributed by atoms with Crippen molar-refractivity contribution in [1.82, 2.24) is 0 Å². The zero-order valence-corrected chi connectivity index (χ0v) is 15.5. The summed E-state index contributed by atoms with van der Waals surface area (Å²) in [6.07, 6.45) is 1.78. The summed E-state index contributed by atoms with van der Waals surface area (Å²) in [4.78, 5) is 14.5. The van der Waals surface area contributed by atoms with Gasteiger partial charge in [-0.2, -0.15) is 0 Å². The van der Waals surface area contributed by atoms with Crippen LogP contribution in [0.25, 0.3) is 23.0 Å². The molecule has 2 aromatic carbocycles. The highest BCUT2D eigenvalue weighted by Gasteiger charge is 2.31. The van der Waals surface area contributed by atoms with Gasteiger partial charge in [-0.3, -0.25) is 4.79 Å². The highest BCUT2D eigenvalue weighted by Crippen LogP contribution is 2.38. The van der Waals surface area contributed by atoms with Crippen molar-refractivity contribution < 1.29 is 9.21 Å². The second-order valence-corrected chi connectivity index (χ2v) is 6.79. The van der Waals surface area contributed by atoms with Crippen molar-refractivity contribution in [1.29, 1.82) is 0 Å². The first-order valence-corrected chi connectivity index (χ1v) is 9.02. The monoisotopic (exact) mass is 383 g/mol. The van der Waals surface area contributed by atoms with Gasteiger partial charge in [0.25, 0.3) is 5.91 Å². The number of furan rings is 1. The first-order chi connectivity index (χ1) is 12.6. The van der Waals surface area contributed by atoms with E-state index in [1.54, 1.807) is 23.1 Å². The van der Waals surface area contributed by atoms with E-state index in [-0.39, 0.29) is 5.91 Å². The first kappa shape index (κ1) is 17.0. The van der Waals surface area contributed by atoms with Crippen molar-refractivity contribution >= 4 is 46.4 Å². The number of anilines is 1. The Morgan fingerprint density at radius 2 is 1.85 bits per heavy atom. The molecule has 130 valence electrons. The van der Waals surface area contributed by atoms with Crippen molar-refractivity contribution in [2.75, 3.05) is 11.4 Å².